The summed E-state index contributed by atoms with van der Waals surface area (Å²) >= 11 is 0. The molecule has 0 aliphatic carbocycles. The molecule has 2 rings (SSSR count). The maximum Gasteiger partial charge on any atom is 0.239 e. The molecule has 1 aromatic carbocycles. The average Bonchev–Trinajstić information content (AvgIpc) is 2.46. The second kappa shape index (κ2) is 8.36. The van der Waals surface area contributed by atoms with Crippen LogP contribution in [0.25, 0.3) is 0 Å². The van der Waals surface area contributed by atoms with E-state index in [0.717, 1.165) is 5.75 Å². The van der Waals surface area contributed by atoms with Crippen LogP contribution in [0.2, 0.25) is 0 Å². The van der Waals surface area contributed by atoms with Crippen molar-refractivity contribution in [3.05, 3.63) is 30.3 Å². The molecule has 0 saturated carbocycles. The van der Waals surface area contributed by atoms with E-state index < -0.39 is 5.60 Å². The number of carbonyl (C=O) groups is 1. The summed E-state index contributed by atoms with van der Waals surface area (Å²) in [5.41, 5.74) is -0.476. The highest BCUT2D eigenvalue weighted by molar-refractivity contribution is 5.85. The standard InChI is InChI=1S/C16H24N2O3.ClH/c1-12-14(17-9-10-20-12)15(19)18-11-16(2,3)21-13-7-5-4-6-8-13;/h4-8,12,14,17H,9-11H2,1-3H3,(H,18,19);1H/t12-,14+;/m1./s1. The van der Waals surface area contributed by atoms with Crippen LogP contribution in [0.5, 0.6) is 5.75 Å². The van der Waals surface area contributed by atoms with Crippen molar-refractivity contribution < 1.29 is 14.3 Å². The fourth-order valence-electron chi connectivity index (χ4n) is 2.28. The van der Waals surface area contributed by atoms with Crippen LogP contribution in [0, 0.1) is 0 Å². The van der Waals surface area contributed by atoms with Crippen molar-refractivity contribution in [1.29, 1.82) is 0 Å². The highest BCUT2D eigenvalue weighted by atomic mass is 35.5. The van der Waals surface area contributed by atoms with Crippen LogP contribution < -0.4 is 15.4 Å². The summed E-state index contributed by atoms with van der Waals surface area (Å²) in [7, 11) is 0. The number of carbonyl (C=O) groups excluding carboxylic acids is 1. The van der Waals surface area contributed by atoms with Gasteiger partial charge in [-0.3, -0.25) is 4.79 Å². The van der Waals surface area contributed by atoms with Crippen molar-refractivity contribution in [1.82, 2.24) is 10.6 Å². The molecule has 22 heavy (non-hydrogen) atoms. The third kappa shape index (κ3) is 5.48. The predicted octanol–water partition coefficient (Wildman–Crippen LogP) is 1.76. The molecular formula is C16H25ClN2O3. The van der Waals surface area contributed by atoms with Crippen LogP contribution >= 0.6 is 12.4 Å². The molecule has 0 unspecified atom stereocenters. The molecular weight excluding hydrogens is 304 g/mol. The third-order valence-electron chi connectivity index (χ3n) is 3.42. The van der Waals surface area contributed by atoms with Gasteiger partial charge in [-0.05, 0) is 32.9 Å². The summed E-state index contributed by atoms with van der Waals surface area (Å²) in [4.78, 5) is 12.2. The summed E-state index contributed by atoms with van der Waals surface area (Å²) in [5, 5.41) is 6.11. The molecule has 2 N–H and O–H groups in total. The number of halogens is 1. The van der Waals surface area contributed by atoms with E-state index >= 15 is 0 Å². The van der Waals surface area contributed by atoms with Gasteiger partial charge in [-0.1, -0.05) is 18.2 Å². The van der Waals surface area contributed by atoms with Gasteiger partial charge >= 0.3 is 0 Å². The predicted molar refractivity (Wildman–Crippen MR) is 88.6 cm³/mol. The lowest BCUT2D eigenvalue weighted by atomic mass is 10.1. The summed E-state index contributed by atoms with van der Waals surface area (Å²) in [6, 6.07) is 9.30. The Morgan fingerprint density at radius 2 is 2.09 bits per heavy atom. The first-order valence-electron chi connectivity index (χ1n) is 7.35. The highest BCUT2D eigenvalue weighted by Crippen LogP contribution is 2.17. The lowest BCUT2D eigenvalue weighted by Gasteiger charge is -2.31. The summed E-state index contributed by atoms with van der Waals surface area (Å²) < 4.78 is 11.4. The zero-order chi connectivity index (χ0) is 15.3. The molecule has 2 atom stereocenters. The Balaban J connectivity index is 0.00000242. The SMILES string of the molecule is C[C@H]1OCCN[C@@H]1C(=O)NCC(C)(C)Oc1ccccc1.Cl. The minimum atomic E-state index is -0.476. The molecule has 1 amide bonds. The zero-order valence-electron chi connectivity index (χ0n) is 13.3. The second-order valence-electron chi connectivity index (χ2n) is 5.90. The topological polar surface area (TPSA) is 59.6 Å². The van der Waals surface area contributed by atoms with Gasteiger partial charge in [0.2, 0.25) is 5.91 Å². The normalized spacial score (nSPS) is 21.6. The Bertz CT molecular complexity index is 468. The minimum absolute atomic E-state index is 0. The van der Waals surface area contributed by atoms with Gasteiger partial charge in [-0.2, -0.15) is 0 Å². The smallest absolute Gasteiger partial charge is 0.239 e. The largest absolute Gasteiger partial charge is 0.486 e. The molecule has 0 aromatic heterocycles. The molecule has 124 valence electrons. The van der Waals surface area contributed by atoms with Gasteiger partial charge in [0, 0.05) is 6.54 Å². The Morgan fingerprint density at radius 1 is 1.41 bits per heavy atom. The van der Waals surface area contributed by atoms with Crippen LogP contribution in [-0.4, -0.2) is 43.4 Å². The van der Waals surface area contributed by atoms with E-state index in [1.54, 1.807) is 0 Å². The Hall–Kier alpha value is -1.30. The van der Waals surface area contributed by atoms with Gasteiger partial charge < -0.3 is 20.1 Å². The quantitative estimate of drug-likeness (QED) is 0.864. The van der Waals surface area contributed by atoms with Gasteiger partial charge in [0.05, 0.1) is 19.3 Å². The fraction of sp³-hybridized carbons (Fsp3) is 0.562. The summed E-state index contributed by atoms with van der Waals surface area (Å²) in [6.07, 6.45) is -0.114. The lowest BCUT2D eigenvalue weighted by molar-refractivity contribution is -0.129. The maximum absolute atomic E-state index is 12.2. The average molecular weight is 329 g/mol. The van der Waals surface area contributed by atoms with Gasteiger partial charge in [0.25, 0.3) is 0 Å². The number of morpholine rings is 1. The van der Waals surface area contributed by atoms with Crippen LogP contribution in [-0.2, 0) is 9.53 Å². The molecule has 1 aliphatic heterocycles. The van der Waals surface area contributed by atoms with E-state index in [9.17, 15) is 4.79 Å². The number of rotatable bonds is 5. The van der Waals surface area contributed by atoms with Crippen molar-refractivity contribution in [2.45, 2.75) is 38.5 Å². The van der Waals surface area contributed by atoms with E-state index in [-0.39, 0.29) is 30.5 Å². The summed E-state index contributed by atoms with van der Waals surface area (Å²) in [6.45, 7) is 7.59. The highest BCUT2D eigenvalue weighted by Gasteiger charge is 2.30. The maximum atomic E-state index is 12.2. The number of amides is 1. The van der Waals surface area contributed by atoms with Crippen LogP contribution in [0.4, 0.5) is 0 Å². The van der Waals surface area contributed by atoms with Gasteiger partial charge in [-0.15, -0.1) is 12.4 Å². The molecule has 0 bridgehead atoms. The monoisotopic (exact) mass is 328 g/mol. The van der Waals surface area contributed by atoms with Crippen molar-refractivity contribution in [2.75, 3.05) is 19.7 Å². The molecule has 0 spiro atoms. The van der Waals surface area contributed by atoms with E-state index in [1.807, 2.05) is 51.1 Å². The number of hydrogen-bond acceptors (Lipinski definition) is 4. The van der Waals surface area contributed by atoms with E-state index in [1.165, 1.54) is 0 Å². The molecule has 1 aliphatic rings. The van der Waals surface area contributed by atoms with Crippen LogP contribution in [0.3, 0.4) is 0 Å². The van der Waals surface area contributed by atoms with Gasteiger partial charge in [-0.25, -0.2) is 0 Å². The second-order valence-corrected chi connectivity index (χ2v) is 5.90. The molecule has 1 aromatic rings. The molecule has 0 radical (unpaired) electrons. The third-order valence-corrected chi connectivity index (χ3v) is 3.42. The molecule has 5 nitrogen and oxygen atoms in total. The van der Waals surface area contributed by atoms with E-state index in [2.05, 4.69) is 10.6 Å². The van der Waals surface area contributed by atoms with Crippen molar-refractivity contribution >= 4 is 18.3 Å². The number of benzene rings is 1. The number of hydrogen-bond donors (Lipinski definition) is 2. The Morgan fingerprint density at radius 3 is 2.73 bits per heavy atom. The fourth-order valence-corrected chi connectivity index (χ4v) is 2.28. The van der Waals surface area contributed by atoms with Crippen LogP contribution in [0.15, 0.2) is 30.3 Å². The van der Waals surface area contributed by atoms with E-state index in [4.69, 9.17) is 9.47 Å². The number of nitrogens with one attached hydrogen (secondary N) is 2. The van der Waals surface area contributed by atoms with Crippen molar-refractivity contribution in [2.24, 2.45) is 0 Å². The lowest BCUT2D eigenvalue weighted by Crippen LogP contribution is -2.57. The van der Waals surface area contributed by atoms with E-state index in [0.29, 0.717) is 19.7 Å². The van der Waals surface area contributed by atoms with Crippen molar-refractivity contribution in [3.63, 3.8) is 0 Å². The number of ether oxygens (including phenoxy) is 2. The minimum Gasteiger partial charge on any atom is -0.486 e. The molecule has 1 fully saturated rings. The first-order valence-corrected chi connectivity index (χ1v) is 7.35. The molecule has 1 saturated heterocycles. The molecule has 6 heteroatoms. The van der Waals surface area contributed by atoms with Gasteiger partial charge in [0.15, 0.2) is 0 Å². The van der Waals surface area contributed by atoms with Crippen molar-refractivity contribution in [3.8, 4) is 5.75 Å². The zero-order valence-corrected chi connectivity index (χ0v) is 14.1. The van der Waals surface area contributed by atoms with Crippen LogP contribution in [0.1, 0.15) is 20.8 Å². The first-order chi connectivity index (χ1) is 9.98. The number of para-hydroxylation sites is 1. The summed E-state index contributed by atoms with van der Waals surface area (Å²) in [5.74, 6) is 0.746. The van der Waals surface area contributed by atoms with Gasteiger partial charge in [0.1, 0.15) is 17.4 Å². The Labute approximate surface area is 138 Å². The Kier molecular flexibility index (Phi) is 7.13. The molecule has 1 heterocycles. The first kappa shape index (κ1) is 18.7.